The van der Waals surface area contributed by atoms with E-state index in [0.717, 1.165) is 0 Å². The summed E-state index contributed by atoms with van der Waals surface area (Å²) in [6.45, 7) is 4.47. The average molecular weight is 481 g/mol. The highest BCUT2D eigenvalue weighted by Crippen LogP contribution is 2.28. The molecule has 0 saturated heterocycles. The van der Waals surface area contributed by atoms with Crippen molar-refractivity contribution in [2.24, 2.45) is 0 Å². The van der Waals surface area contributed by atoms with Gasteiger partial charge in [-0.1, -0.05) is 0 Å². The Morgan fingerprint density at radius 1 is 0.857 bits per heavy atom. The van der Waals surface area contributed by atoms with Gasteiger partial charge < -0.3 is 24.3 Å². The highest BCUT2D eigenvalue weighted by Gasteiger charge is 2.18. The molecule has 1 aromatic heterocycles. The van der Waals surface area contributed by atoms with Crippen LogP contribution < -0.4 is 10.1 Å². The molecule has 9 heteroatoms. The van der Waals surface area contributed by atoms with Crippen LogP contribution in [0.4, 0.5) is 5.69 Å². The van der Waals surface area contributed by atoms with Gasteiger partial charge in [0.25, 0.3) is 0 Å². The Morgan fingerprint density at radius 3 is 2.20 bits per heavy atom. The van der Waals surface area contributed by atoms with Crippen molar-refractivity contribution >= 4 is 34.5 Å². The summed E-state index contributed by atoms with van der Waals surface area (Å²) in [5.41, 5.74) is 2.10. The second-order valence-electron chi connectivity index (χ2n) is 7.36. The van der Waals surface area contributed by atoms with Crippen molar-refractivity contribution in [1.82, 2.24) is 4.98 Å². The maximum atomic E-state index is 12.5. The number of benzene rings is 2. The lowest BCUT2D eigenvalue weighted by molar-refractivity contribution is 0.0499. The molecule has 3 aromatic rings. The maximum Gasteiger partial charge on any atom is 0.341 e. The molecule has 0 radical (unpaired) electrons. The van der Waals surface area contributed by atoms with Crippen molar-refractivity contribution in [3.8, 4) is 5.75 Å². The smallest absolute Gasteiger partial charge is 0.341 e. The zero-order chi connectivity index (χ0) is 25.2. The van der Waals surface area contributed by atoms with Crippen LogP contribution in [-0.2, 0) is 14.2 Å². The standard InChI is InChI=1S/C26H28N2O7/c1-4-33-25(30)18-9-12-22-20(15-18)23(21(16-28-22)26(31)34-5-2)27-13-6-14-35-24(29)17-7-10-19(32-3)11-8-17/h7-12,15-16H,4-6,13-14H2,1-3H3,(H,27,28). The number of anilines is 1. The van der Waals surface area contributed by atoms with E-state index in [1.54, 1.807) is 63.4 Å². The number of fused-ring (bicyclic) bond motifs is 1. The first-order valence-corrected chi connectivity index (χ1v) is 11.3. The van der Waals surface area contributed by atoms with Gasteiger partial charge in [-0.05, 0) is 62.7 Å². The predicted molar refractivity (Wildman–Crippen MR) is 130 cm³/mol. The molecular weight excluding hydrogens is 452 g/mol. The van der Waals surface area contributed by atoms with Gasteiger partial charge in [-0.25, -0.2) is 14.4 Å². The fourth-order valence-corrected chi connectivity index (χ4v) is 3.35. The number of carbonyl (C=O) groups excluding carboxylic acids is 3. The van der Waals surface area contributed by atoms with Crippen LogP contribution in [0.25, 0.3) is 10.9 Å². The van der Waals surface area contributed by atoms with Crippen molar-refractivity contribution in [2.75, 3.05) is 38.8 Å². The average Bonchev–Trinajstić information content (AvgIpc) is 2.88. The maximum absolute atomic E-state index is 12.5. The van der Waals surface area contributed by atoms with Gasteiger partial charge in [-0.2, -0.15) is 0 Å². The molecule has 0 fully saturated rings. The van der Waals surface area contributed by atoms with Crippen molar-refractivity contribution in [1.29, 1.82) is 0 Å². The van der Waals surface area contributed by atoms with E-state index in [4.69, 9.17) is 18.9 Å². The summed E-state index contributed by atoms with van der Waals surface area (Å²) in [7, 11) is 1.55. The molecule has 0 aliphatic rings. The Bertz CT molecular complexity index is 1190. The molecule has 0 bridgehead atoms. The van der Waals surface area contributed by atoms with Crippen LogP contribution in [-0.4, -0.2) is 56.4 Å². The van der Waals surface area contributed by atoms with E-state index in [-0.39, 0.29) is 25.4 Å². The van der Waals surface area contributed by atoms with E-state index in [0.29, 0.717) is 46.4 Å². The van der Waals surface area contributed by atoms with Crippen molar-refractivity contribution < 1.29 is 33.3 Å². The third-order valence-electron chi connectivity index (χ3n) is 5.06. The second kappa shape index (κ2) is 12.4. The monoisotopic (exact) mass is 480 g/mol. The van der Waals surface area contributed by atoms with Crippen LogP contribution in [0.1, 0.15) is 51.3 Å². The van der Waals surface area contributed by atoms with E-state index in [1.165, 1.54) is 6.20 Å². The number of aromatic nitrogens is 1. The molecule has 1 heterocycles. The van der Waals surface area contributed by atoms with Gasteiger partial charge in [-0.3, -0.25) is 4.98 Å². The summed E-state index contributed by atoms with van der Waals surface area (Å²) in [4.78, 5) is 41.3. The summed E-state index contributed by atoms with van der Waals surface area (Å²) in [6.07, 6.45) is 1.92. The number of ether oxygens (including phenoxy) is 4. The van der Waals surface area contributed by atoms with Gasteiger partial charge in [0.05, 0.1) is 49.3 Å². The van der Waals surface area contributed by atoms with Crippen LogP contribution in [0.5, 0.6) is 5.75 Å². The summed E-state index contributed by atoms with van der Waals surface area (Å²) in [5.74, 6) is -0.781. The van der Waals surface area contributed by atoms with E-state index < -0.39 is 17.9 Å². The Hall–Kier alpha value is -4.14. The highest BCUT2D eigenvalue weighted by molar-refractivity contribution is 6.06. The minimum atomic E-state index is -0.531. The first kappa shape index (κ1) is 25.5. The number of esters is 3. The molecular formula is C26H28N2O7. The molecule has 3 rings (SSSR count). The Morgan fingerprint density at radius 2 is 1.51 bits per heavy atom. The minimum absolute atomic E-state index is 0.170. The molecule has 0 amide bonds. The predicted octanol–water partition coefficient (Wildman–Crippen LogP) is 4.26. The normalized spacial score (nSPS) is 10.5. The Kier molecular flexibility index (Phi) is 9.00. The van der Waals surface area contributed by atoms with Crippen LogP contribution >= 0.6 is 0 Å². The van der Waals surface area contributed by atoms with Gasteiger partial charge in [0.15, 0.2) is 0 Å². The molecule has 9 nitrogen and oxygen atoms in total. The lowest BCUT2D eigenvalue weighted by atomic mass is 10.1. The summed E-state index contributed by atoms with van der Waals surface area (Å²) in [5, 5.41) is 3.80. The topological polar surface area (TPSA) is 113 Å². The SMILES string of the molecule is CCOC(=O)c1ccc2ncc(C(=O)OCC)c(NCCCOC(=O)c3ccc(OC)cc3)c2c1. The molecule has 184 valence electrons. The zero-order valence-corrected chi connectivity index (χ0v) is 20.0. The van der Waals surface area contributed by atoms with Crippen molar-refractivity contribution in [3.63, 3.8) is 0 Å². The van der Waals surface area contributed by atoms with Gasteiger partial charge >= 0.3 is 17.9 Å². The first-order chi connectivity index (χ1) is 17.0. The molecule has 35 heavy (non-hydrogen) atoms. The number of hydrogen-bond donors (Lipinski definition) is 1. The highest BCUT2D eigenvalue weighted by atomic mass is 16.5. The van der Waals surface area contributed by atoms with Gasteiger partial charge in [-0.15, -0.1) is 0 Å². The van der Waals surface area contributed by atoms with E-state index in [1.807, 2.05) is 0 Å². The molecule has 0 saturated carbocycles. The summed E-state index contributed by atoms with van der Waals surface area (Å²) in [6, 6.07) is 11.6. The number of hydrogen-bond acceptors (Lipinski definition) is 9. The molecule has 0 spiro atoms. The van der Waals surface area contributed by atoms with Gasteiger partial charge in [0.1, 0.15) is 11.3 Å². The van der Waals surface area contributed by atoms with Crippen LogP contribution in [0.2, 0.25) is 0 Å². The van der Waals surface area contributed by atoms with Crippen molar-refractivity contribution in [3.05, 3.63) is 65.4 Å². The number of nitrogens with zero attached hydrogens (tertiary/aromatic N) is 1. The van der Waals surface area contributed by atoms with Crippen LogP contribution in [0, 0.1) is 0 Å². The van der Waals surface area contributed by atoms with E-state index >= 15 is 0 Å². The third kappa shape index (κ3) is 6.47. The molecule has 0 aliphatic heterocycles. The molecule has 2 aromatic carbocycles. The Labute approximate surface area is 203 Å². The van der Waals surface area contributed by atoms with E-state index in [9.17, 15) is 14.4 Å². The molecule has 0 unspecified atom stereocenters. The Balaban J connectivity index is 1.72. The van der Waals surface area contributed by atoms with E-state index in [2.05, 4.69) is 10.3 Å². The molecule has 0 atom stereocenters. The number of rotatable bonds is 11. The molecule has 0 aliphatic carbocycles. The van der Waals surface area contributed by atoms with Crippen LogP contribution in [0.3, 0.4) is 0 Å². The number of carbonyl (C=O) groups is 3. The fraction of sp³-hybridized carbons (Fsp3) is 0.308. The summed E-state index contributed by atoms with van der Waals surface area (Å²) >= 11 is 0. The number of pyridine rings is 1. The zero-order valence-electron chi connectivity index (χ0n) is 20.0. The third-order valence-corrected chi connectivity index (χ3v) is 5.06. The largest absolute Gasteiger partial charge is 0.497 e. The van der Waals surface area contributed by atoms with Gasteiger partial charge in [0.2, 0.25) is 0 Å². The lowest BCUT2D eigenvalue weighted by Gasteiger charge is -2.15. The fourth-order valence-electron chi connectivity index (χ4n) is 3.35. The second-order valence-corrected chi connectivity index (χ2v) is 7.36. The number of nitrogens with one attached hydrogen (secondary N) is 1. The van der Waals surface area contributed by atoms with Gasteiger partial charge in [0, 0.05) is 18.1 Å². The van der Waals surface area contributed by atoms with Crippen molar-refractivity contribution in [2.45, 2.75) is 20.3 Å². The lowest BCUT2D eigenvalue weighted by Crippen LogP contribution is -2.14. The quantitative estimate of drug-likeness (QED) is 0.244. The summed E-state index contributed by atoms with van der Waals surface area (Å²) < 4.78 is 20.7. The minimum Gasteiger partial charge on any atom is -0.497 e. The molecule has 1 N–H and O–H groups in total. The first-order valence-electron chi connectivity index (χ1n) is 11.3. The number of methoxy groups -OCH3 is 1. The van der Waals surface area contributed by atoms with Crippen LogP contribution in [0.15, 0.2) is 48.7 Å².